The number of esters is 1. The number of benzene rings is 2. The van der Waals surface area contributed by atoms with Crippen LogP contribution in [0.3, 0.4) is 0 Å². The maximum atomic E-state index is 12.4. The van der Waals surface area contributed by atoms with Gasteiger partial charge in [-0.1, -0.05) is 42.5 Å². The van der Waals surface area contributed by atoms with Crippen LogP contribution in [0.1, 0.15) is 35.4 Å². The van der Waals surface area contributed by atoms with Crippen molar-refractivity contribution in [2.24, 2.45) is 5.73 Å². The van der Waals surface area contributed by atoms with Gasteiger partial charge in [-0.15, -0.1) is 11.3 Å². The normalized spacial score (nSPS) is 11.2. The van der Waals surface area contributed by atoms with Crippen LogP contribution in [0.2, 0.25) is 5.02 Å². The van der Waals surface area contributed by atoms with Crippen LogP contribution in [0.25, 0.3) is 11.3 Å². The van der Waals surface area contributed by atoms with Gasteiger partial charge in [-0.2, -0.15) is 0 Å². The second kappa shape index (κ2) is 11.6. The van der Waals surface area contributed by atoms with Gasteiger partial charge in [0.15, 0.2) is 0 Å². The number of halogens is 1. The summed E-state index contributed by atoms with van der Waals surface area (Å²) < 4.78 is 17.0. The van der Waals surface area contributed by atoms with Crippen molar-refractivity contribution in [3.63, 3.8) is 0 Å². The number of ether oxygens (including phenoxy) is 3. The number of hydrogen-bond donors (Lipinski definition) is 1. The number of carbonyl (C=O) groups excluding carboxylic acids is 1. The summed E-state index contributed by atoms with van der Waals surface area (Å²) in [7, 11) is 0. The molecule has 1 heterocycles. The van der Waals surface area contributed by atoms with Gasteiger partial charge in [-0.05, 0) is 49.1 Å². The average molecular weight is 484 g/mol. The second-order valence-corrected chi connectivity index (χ2v) is 8.41. The Kier molecular flexibility index (Phi) is 8.58. The molecule has 0 unspecified atom stereocenters. The molecule has 0 aliphatic heterocycles. The van der Waals surface area contributed by atoms with Crippen molar-refractivity contribution in [1.29, 1.82) is 0 Å². The maximum Gasteiger partial charge on any atom is 0.339 e. The number of carbonyl (C=O) groups is 1. The van der Waals surface area contributed by atoms with E-state index in [0.29, 0.717) is 46.6 Å². The summed E-state index contributed by atoms with van der Waals surface area (Å²) in [5.41, 5.74) is 9.48. The number of rotatable bonds is 10. The number of thiophene rings is 1. The molecule has 33 heavy (non-hydrogen) atoms. The van der Waals surface area contributed by atoms with Gasteiger partial charge in [0.05, 0.1) is 17.1 Å². The van der Waals surface area contributed by atoms with Gasteiger partial charge >= 0.3 is 5.97 Å². The lowest BCUT2D eigenvalue weighted by Crippen LogP contribution is -2.09. The van der Waals surface area contributed by atoms with Crippen LogP contribution < -0.4 is 15.2 Å². The summed E-state index contributed by atoms with van der Waals surface area (Å²) in [6, 6.07) is 14.9. The van der Waals surface area contributed by atoms with Gasteiger partial charge < -0.3 is 19.9 Å². The van der Waals surface area contributed by atoms with Crippen molar-refractivity contribution in [3.8, 4) is 11.5 Å². The zero-order valence-electron chi connectivity index (χ0n) is 18.6. The van der Waals surface area contributed by atoms with E-state index < -0.39 is 0 Å². The average Bonchev–Trinajstić information content (AvgIpc) is 3.22. The standard InChI is InChI=1S/C26H26ClNO4S/c1-4-23(26(29)30-5-2)25-24(17(3)28)19(16-33-25)15-32-22-8-6-7-21(13-22)31-14-18-9-11-20(27)12-10-18/h4,6-13,16H,3,5,14-15,28H2,1-2H3/b23-4+. The molecular formula is C26H26ClNO4S. The summed E-state index contributed by atoms with van der Waals surface area (Å²) in [5, 5.41) is 2.61. The molecule has 7 heteroatoms. The lowest BCUT2D eigenvalue weighted by atomic mass is 10.0. The van der Waals surface area contributed by atoms with E-state index in [1.807, 2.05) is 53.9 Å². The molecule has 0 radical (unpaired) electrons. The van der Waals surface area contributed by atoms with Crippen molar-refractivity contribution in [2.75, 3.05) is 6.61 Å². The molecule has 1 aromatic heterocycles. The van der Waals surface area contributed by atoms with Crippen molar-refractivity contribution in [1.82, 2.24) is 0 Å². The van der Waals surface area contributed by atoms with E-state index in [-0.39, 0.29) is 12.6 Å². The molecular weight excluding hydrogens is 458 g/mol. The van der Waals surface area contributed by atoms with E-state index >= 15 is 0 Å². The first kappa shape index (κ1) is 24.4. The fourth-order valence-electron chi connectivity index (χ4n) is 3.16. The third-order valence-corrected chi connectivity index (χ3v) is 6.05. The molecule has 0 bridgehead atoms. The van der Waals surface area contributed by atoms with E-state index in [1.54, 1.807) is 19.9 Å². The van der Waals surface area contributed by atoms with Crippen LogP contribution in [0.4, 0.5) is 0 Å². The molecule has 0 saturated heterocycles. The fourth-order valence-corrected chi connectivity index (χ4v) is 4.44. The molecule has 0 amide bonds. The highest BCUT2D eigenvalue weighted by atomic mass is 35.5. The Labute approximate surface area is 203 Å². The summed E-state index contributed by atoms with van der Waals surface area (Å²) in [4.78, 5) is 13.1. The van der Waals surface area contributed by atoms with Crippen LogP contribution in [-0.2, 0) is 22.7 Å². The van der Waals surface area contributed by atoms with E-state index in [2.05, 4.69) is 6.58 Å². The Balaban J connectivity index is 1.71. The molecule has 5 nitrogen and oxygen atoms in total. The van der Waals surface area contributed by atoms with Crippen LogP contribution in [0.15, 0.2) is 66.6 Å². The lowest BCUT2D eigenvalue weighted by Gasteiger charge is -2.12. The molecule has 2 N–H and O–H groups in total. The number of allylic oxidation sites excluding steroid dienone is 1. The van der Waals surface area contributed by atoms with Gasteiger partial charge in [0.1, 0.15) is 24.7 Å². The minimum Gasteiger partial charge on any atom is -0.489 e. The van der Waals surface area contributed by atoms with Crippen LogP contribution in [0.5, 0.6) is 11.5 Å². The van der Waals surface area contributed by atoms with Gasteiger partial charge in [0.2, 0.25) is 0 Å². The SMILES string of the molecule is C=C(N)c1c(COc2cccc(OCc3ccc(Cl)cc3)c2)csc1/C(=C\C)C(=O)OCC. The number of nitrogens with two attached hydrogens (primary N) is 1. The lowest BCUT2D eigenvalue weighted by molar-refractivity contribution is -0.136. The van der Waals surface area contributed by atoms with Crippen molar-refractivity contribution in [2.45, 2.75) is 27.1 Å². The van der Waals surface area contributed by atoms with E-state index in [1.165, 1.54) is 11.3 Å². The Bertz CT molecular complexity index is 1150. The summed E-state index contributed by atoms with van der Waals surface area (Å²) in [5.74, 6) is 0.958. The molecule has 0 saturated carbocycles. The summed E-state index contributed by atoms with van der Waals surface area (Å²) >= 11 is 7.34. The smallest absolute Gasteiger partial charge is 0.339 e. The highest BCUT2D eigenvalue weighted by Gasteiger charge is 2.21. The first-order chi connectivity index (χ1) is 15.9. The maximum absolute atomic E-state index is 12.4. The largest absolute Gasteiger partial charge is 0.489 e. The highest BCUT2D eigenvalue weighted by Crippen LogP contribution is 2.34. The molecule has 3 aromatic rings. The molecule has 172 valence electrons. The Hall–Kier alpha value is -3.22. The first-order valence-corrected chi connectivity index (χ1v) is 11.7. The minimum atomic E-state index is -0.387. The topological polar surface area (TPSA) is 70.8 Å². The second-order valence-electron chi connectivity index (χ2n) is 7.09. The molecule has 0 fully saturated rings. The molecule has 3 rings (SSSR count). The Morgan fingerprint density at radius 1 is 1.12 bits per heavy atom. The van der Waals surface area contributed by atoms with Crippen molar-refractivity contribution in [3.05, 3.63) is 93.2 Å². The molecule has 0 atom stereocenters. The predicted octanol–water partition coefficient (Wildman–Crippen LogP) is 6.46. The van der Waals surface area contributed by atoms with Crippen molar-refractivity contribution < 1.29 is 19.0 Å². The quantitative estimate of drug-likeness (QED) is 0.265. The molecule has 2 aromatic carbocycles. The summed E-state index contributed by atoms with van der Waals surface area (Å²) in [6.45, 7) is 8.44. The molecule has 0 spiro atoms. The fraction of sp³-hybridized carbons (Fsp3) is 0.192. The zero-order valence-corrected chi connectivity index (χ0v) is 20.2. The zero-order chi connectivity index (χ0) is 23.8. The predicted molar refractivity (Wildman–Crippen MR) is 134 cm³/mol. The molecule has 0 aliphatic carbocycles. The highest BCUT2D eigenvalue weighted by molar-refractivity contribution is 7.12. The third kappa shape index (κ3) is 6.40. The Morgan fingerprint density at radius 3 is 2.39 bits per heavy atom. The van der Waals surface area contributed by atoms with Gasteiger partial charge in [-0.3, -0.25) is 0 Å². The van der Waals surface area contributed by atoms with Crippen LogP contribution in [-0.4, -0.2) is 12.6 Å². The number of hydrogen-bond acceptors (Lipinski definition) is 6. The Morgan fingerprint density at radius 2 is 1.79 bits per heavy atom. The van der Waals surface area contributed by atoms with Crippen molar-refractivity contribution >= 4 is 40.2 Å². The summed E-state index contributed by atoms with van der Waals surface area (Å²) in [6.07, 6.45) is 1.72. The van der Waals surface area contributed by atoms with E-state index in [4.69, 9.17) is 31.5 Å². The third-order valence-electron chi connectivity index (χ3n) is 4.74. The van der Waals surface area contributed by atoms with Gasteiger partial charge in [0, 0.05) is 27.9 Å². The van der Waals surface area contributed by atoms with Crippen LogP contribution >= 0.6 is 22.9 Å². The van der Waals surface area contributed by atoms with Gasteiger partial charge in [-0.25, -0.2) is 4.79 Å². The molecule has 0 aliphatic rings. The van der Waals surface area contributed by atoms with Crippen LogP contribution in [0, 0.1) is 0 Å². The monoisotopic (exact) mass is 483 g/mol. The minimum absolute atomic E-state index is 0.266. The first-order valence-electron chi connectivity index (χ1n) is 10.4. The van der Waals surface area contributed by atoms with E-state index in [9.17, 15) is 4.79 Å². The van der Waals surface area contributed by atoms with Gasteiger partial charge in [0.25, 0.3) is 0 Å². The van der Waals surface area contributed by atoms with E-state index in [0.717, 1.165) is 16.0 Å².